The van der Waals surface area contributed by atoms with Gasteiger partial charge in [-0.2, -0.15) is 0 Å². The van der Waals surface area contributed by atoms with E-state index in [1.165, 1.54) is 18.4 Å². The van der Waals surface area contributed by atoms with Crippen molar-refractivity contribution < 1.29 is 28.2 Å². The summed E-state index contributed by atoms with van der Waals surface area (Å²) in [5.41, 5.74) is -0.0401. The standard InChI is InChI=1S/C21H18O7/c1-24-13-4-2-5-14(10-13)27-19-12-26-18-11-15(7-8-16(18)20(19)22)28-21(23)17-6-3-9-25-17/h2,4-5,7-8,10-12,17H,3,6,9H2,1H3. The number of carbonyl (C=O) groups is 1. The van der Waals surface area contributed by atoms with Gasteiger partial charge in [0.1, 0.15) is 29.1 Å². The monoisotopic (exact) mass is 382 g/mol. The molecule has 0 radical (unpaired) electrons. The van der Waals surface area contributed by atoms with E-state index in [4.69, 9.17) is 23.4 Å². The molecule has 0 saturated carbocycles. The van der Waals surface area contributed by atoms with Crippen LogP contribution in [0.1, 0.15) is 12.8 Å². The number of esters is 1. The molecule has 1 aliphatic rings. The van der Waals surface area contributed by atoms with Crippen molar-refractivity contribution in [1.29, 1.82) is 0 Å². The van der Waals surface area contributed by atoms with Gasteiger partial charge in [-0.3, -0.25) is 4.79 Å². The van der Waals surface area contributed by atoms with Crippen LogP contribution in [0.3, 0.4) is 0 Å². The highest BCUT2D eigenvalue weighted by atomic mass is 16.6. The summed E-state index contributed by atoms with van der Waals surface area (Å²) in [5.74, 6) is 0.952. The summed E-state index contributed by atoms with van der Waals surface area (Å²) in [6.45, 7) is 0.558. The van der Waals surface area contributed by atoms with E-state index in [0.29, 0.717) is 35.5 Å². The summed E-state index contributed by atoms with van der Waals surface area (Å²) < 4.78 is 26.9. The zero-order chi connectivity index (χ0) is 19.5. The van der Waals surface area contributed by atoms with Gasteiger partial charge in [0.15, 0.2) is 6.10 Å². The Labute approximate surface area is 160 Å². The molecule has 0 bridgehead atoms. The normalized spacial score (nSPS) is 16.1. The minimum atomic E-state index is -0.540. The molecule has 7 nitrogen and oxygen atoms in total. The largest absolute Gasteiger partial charge is 0.497 e. The third-order valence-corrected chi connectivity index (χ3v) is 4.39. The molecule has 0 spiro atoms. The second kappa shape index (κ2) is 7.74. The van der Waals surface area contributed by atoms with Gasteiger partial charge in [-0.1, -0.05) is 6.07 Å². The number of fused-ring (bicyclic) bond motifs is 1. The van der Waals surface area contributed by atoms with E-state index in [9.17, 15) is 9.59 Å². The fourth-order valence-electron chi connectivity index (χ4n) is 2.96. The highest BCUT2D eigenvalue weighted by Gasteiger charge is 2.25. The number of methoxy groups -OCH3 is 1. The van der Waals surface area contributed by atoms with Gasteiger partial charge in [0.05, 0.1) is 12.5 Å². The van der Waals surface area contributed by atoms with Gasteiger partial charge in [-0.05, 0) is 37.1 Å². The van der Waals surface area contributed by atoms with Crippen LogP contribution in [0, 0.1) is 0 Å². The lowest BCUT2D eigenvalue weighted by Crippen LogP contribution is -2.24. The van der Waals surface area contributed by atoms with Crippen LogP contribution in [0.15, 0.2) is 57.9 Å². The lowest BCUT2D eigenvalue weighted by Gasteiger charge is -2.10. The van der Waals surface area contributed by atoms with Gasteiger partial charge in [0, 0.05) is 18.7 Å². The second-order valence-electron chi connectivity index (χ2n) is 6.29. The molecular formula is C21H18O7. The number of carbonyl (C=O) groups excluding carboxylic acids is 1. The number of benzene rings is 2. The first-order valence-corrected chi connectivity index (χ1v) is 8.85. The number of hydrogen-bond donors (Lipinski definition) is 0. The smallest absolute Gasteiger partial charge is 0.340 e. The molecule has 1 unspecified atom stereocenters. The lowest BCUT2D eigenvalue weighted by molar-refractivity contribution is -0.144. The molecule has 3 aromatic rings. The molecule has 2 aromatic carbocycles. The fraction of sp³-hybridized carbons (Fsp3) is 0.238. The van der Waals surface area contributed by atoms with E-state index in [-0.39, 0.29) is 16.9 Å². The van der Waals surface area contributed by atoms with Crippen LogP contribution in [-0.2, 0) is 9.53 Å². The quantitative estimate of drug-likeness (QED) is 0.492. The van der Waals surface area contributed by atoms with Crippen molar-refractivity contribution in [2.75, 3.05) is 13.7 Å². The highest BCUT2D eigenvalue weighted by molar-refractivity contribution is 5.82. The molecule has 4 rings (SSSR count). The summed E-state index contributed by atoms with van der Waals surface area (Å²) in [6, 6.07) is 11.5. The van der Waals surface area contributed by atoms with E-state index in [1.54, 1.807) is 37.4 Å². The zero-order valence-corrected chi connectivity index (χ0v) is 15.2. The Morgan fingerprint density at radius 1 is 1.11 bits per heavy atom. The number of hydrogen-bond acceptors (Lipinski definition) is 7. The molecule has 1 fully saturated rings. The summed E-state index contributed by atoms with van der Waals surface area (Å²) in [5, 5.41) is 0.317. The molecule has 1 atom stereocenters. The van der Waals surface area contributed by atoms with Gasteiger partial charge in [-0.25, -0.2) is 4.79 Å². The fourth-order valence-corrected chi connectivity index (χ4v) is 2.96. The topological polar surface area (TPSA) is 84.2 Å². The summed E-state index contributed by atoms with van der Waals surface area (Å²) in [6.07, 6.45) is 2.17. The van der Waals surface area contributed by atoms with Crippen molar-refractivity contribution in [1.82, 2.24) is 0 Å². The van der Waals surface area contributed by atoms with E-state index in [2.05, 4.69) is 0 Å². The molecule has 28 heavy (non-hydrogen) atoms. The Kier molecular flexibility index (Phi) is 4.99. The Bertz CT molecular complexity index is 1060. The van der Waals surface area contributed by atoms with Crippen LogP contribution < -0.4 is 19.6 Å². The van der Waals surface area contributed by atoms with Crippen molar-refractivity contribution in [2.45, 2.75) is 18.9 Å². The maximum Gasteiger partial charge on any atom is 0.340 e. The third kappa shape index (κ3) is 3.70. The van der Waals surface area contributed by atoms with E-state index in [0.717, 1.165) is 6.42 Å². The molecule has 2 heterocycles. The minimum absolute atomic E-state index is 0.0462. The van der Waals surface area contributed by atoms with Crippen LogP contribution in [0.2, 0.25) is 0 Å². The maximum atomic E-state index is 12.7. The molecule has 1 saturated heterocycles. The predicted molar refractivity (Wildman–Crippen MR) is 100 cm³/mol. The zero-order valence-electron chi connectivity index (χ0n) is 15.2. The molecule has 0 N–H and O–H groups in total. The Balaban J connectivity index is 1.57. The average molecular weight is 382 g/mol. The van der Waals surface area contributed by atoms with Gasteiger partial charge in [-0.15, -0.1) is 0 Å². The van der Waals surface area contributed by atoms with Crippen molar-refractivity contribution in [2.24, 2.45) is 0 Å². The van der Waals surface area contributed by atoms with Crippen molar-refractivity contribution in [3.8, 4) is 23.0 Å². The first-order valence-electron chi connectivity index (χ1n) is 8.85. The number of ether oxygens (including phenoxy) is 4. The van der Waals surface area contributed by atoms with E-state index < -0.39 is 12.1 Å². The predicted octanol–water partition coefficient (Wildman–Crippen LogP) is 3.68. The molecule has 0 aliphatic carbocycles. The second-order valence-corrected chi connectivity index (χ2v) is 6.29. The van der Waals surface area contributed by atoms with Gasteiger partial charge in [0.2, 0.25) is 11.2 Å². The Morgan fingerprint density at radius 3 is 2.75 bits per heavy atom. The van der Waals surface area contributed by atoms with Crippen molar-refractivity contribution >= 4 is 16.9 Å². The minimum Gasteiger partial charge on any atom is -0.497 e. The molecule has 7 heteroatoms. The van der Waals surface area contributed by atoms with Crippen LogP contribution in [0.5, 0.6) is 23.0 Å². The number of rotatable bonds is 5. The SMILES string of the molecule is COc1cccc(Oc2coc3cc(OC(=O)C4CCCO4)ccc3c2=O)c1. The third-order valence-electron chi connectivity index (χ3n) is 4.39. The van der Waals surface area contributed by atoms with Crippen LogP contribution in [0.25, 0.3) is 11.0 Å². The van der Waals surface area contributed by atoms with E-state index in [1.807, 2.05) is 0 Å². The van der Waals surface area contributed by atoms with Crippen LogP contribution in [0.4, 0.5) is 0 Å². The van der Waals surface area contributed by atoms with Crippen molar-refractivity contribution in [3.05, 3.63) is 59.0 Å². The van der Waals surface area contributed by atoms with E-state index >= 15 is 0 Å². The lowest BCUT2D eigenvalue weighted by atomic mass is 10.2. The van der Waals surface area contributed by atoms with Crippen LogP contribution >= 0.6 is 0 Å². The first kappa shape index (κ1) is 18.1. The van der Waals surface area contributed by atoms with Gasteiger partial charge in [0.25, 0.3) is 0 Å². The average Bonchev–Trinajstić information content (AvgIpc) is 3.25. The summed E-state index contributed by atoms with van der Waals surface area (Å²) >= 11 is 0. The van der Waals surface area contributed by atoms with Gasteiger partial charge < -0.3 is 23.4 Å². The van der Waals surface area contributed by atoms with Gasteiger partial charge >= 0.3 is 5.97 Å². The van der Waals surface area contributed by atoms with Crippen LogP contribution in [-0.4, -0.2) is 25.8 Å². The molecule has 1 aromatic heterocycles. The Morgan fingerprint density at radius 2 is 1.96 bits per heavy atom. The molecule has 1 aliphatic heterocycles. The first-order chi connectivity index (χ1) is 13.6. The molecular weight excluding hydrogens is 364 g/mol. The maximum absolute atomic E-state index is 12.7. The Hall–Kier alpha value is -3.32. The molecule has 144 valence electrons. The summed E-state index contributed by atoms with van der Waals surface area (Å²) in [4.78, 5) is 24.7. The highest BCUT2D eigenvalue weighted by Crippen LogP contribution is 2.26. The van der Waals surface area contributed by atoms with Crippen molar-refractivity contribution in [3.63, 3.8) is 0 Å². The summed E-state index contributed by atoms with van der Waals surface area (Å²) in [7, 11) is 1.55. The molecule has 0 amide bonds.